The van der Waals surface area contributed by atoms with E-state index in [2.05, 4.69) is 57.4 Å². The first kappa shape index (κ1) is 30.5. The van der Waals surface area contributed by atoms with Crippen molar-refractivity contribution < 1.29 is 28.9 Å². The molecule has 7 nitrogen and oxygen atoms in total. The maximum Gasteiger partial charge on any atom is 0.249 e. The molecule has 7 rings (SSSR count). The van der Waals surface area contributed by atoms with E-state index in [0.29, 0.717) is 34.1 Å². The Morgan fingerprint density at radius 3 is 2.16 bits per heavy atom. The first-order valence-corrected chi connectivity index (χ1v) is 13.8. The van der Waals surface area contributed by atoms with Gasteiger partial charge in [-0.25, -0.2) is 0 Å². The minimum absolute atomic E-state index is 0. The van der Waals surface area contributed by atoms with Crippen LogP contribution in [-0.4, -0.2) is 20.2 Å². The van der Waals surface area contributed by atoms with E-state index in [4.69, 9.17) is 8.83 Å². The van der Waals surface area contributed by atoms with Crippen LogP contribution in [0.5, 0.6) is 0 Å². The molecule has 44 heavy (non-hydrogen) atoms. The molecule has 0 spiro atoms. The zero-order valence-electron chi connectivity index (χ0n) is 24.8. The van der Waals surface area contributed by atoms with Crippen molar-refractivity contribution in [1.29, 1.82) is 5.26 Å². The van der Waals surface area contributed by atoms with Crippen LogP contribution in [0.1, 0.15) is 33.7 Å². The van der Waals surface area contributed by atoms with Gasteiger partial charge in [-0.2, -0.15) is 5.26 Å². The van der Waals surface area contributed by atoms with Crippen molar-refractivity contribution in [3.63, 3.8) is 0 Å². The van der Waals surface area contributed by atoms with E-state index in [0.717, 1.165) is 44.4 Å². The number of fused-ring (bicyclic) bond motifs is 3. The molecule has 0 saturated heterocycles. The van der Waals surface area contributed by atoms with E-state index >= 15 is 0 Å². The fourth-order valence-corrected chi connectivity index (χ4v) is 4.74. The summed E-state index contributed by atoms with van der Waals surface area (Å²) in [4.78, 5) is 8.90. The van der Waals surface area contributed by atoms with Crippen LogP contribution in [0.3, 0.4) is 0 Å². The van der Waals surface area contributed by atoms with E-state index in [-0.39, 0.29) is 20.1 Å². The minimum atomic E-state index is 0. The number of pyridine rings is 2. The Morgan fingerprint density at radius 1 is 0.727 bits per heavy atom. The van der Waals surface area contributed by atoms with Crippen molar-refractivity contribution in [2.24, 2.45) is 0 Å². The fourth-order valence-electron chi connectivity index (χ4n) is 4.74. The Kier molecular flexibility index (Phi) is 8.82. The minimum Gasteiger partial charge on any atom is -0.499 e. The zero-order valence-corrected chi connectivity index (χ0v) is 27.2. The van der Waals surface area contributed by atoms with E-state index in [1.807, 2.05) is 81.7 Å². The molecule has 1 radical (unpaired) electrons. The summed E-state index contributed by atoms with van der Waals surface area (Å²) in [5.41, 5.74) is 10.3. The van der Waals surface area contributed by atoms with Crippen molar-refractivity contribution in [2.75, 3.05) is 0 Å². The number of rotatable bonds is 3. The molecule has 0 N–H and O–H groups in total. The van der Waals surface area contributed by atoms with Crippen LogP contribution in [0.2, 0.25) is 0 Å². The summed E-state index contributed by atoms with van der Waals surface area (Å²) < 4.78 is 11.7. The Labute approximate surface area is 269 Å². The van der Waals surface area contributed by atoms with Gasteiger partial charge in [0.2, 0.25) is 11.8 Å². The van der Waals surface area contributed by atoms with Gasteiger partial charge in [-0.05, 0) is 49.4 Å². The van der Waals surface area contributed by atoms with E-state index < -0.39 is 0 Å². The molecule has 3 aromatic carbocycles. The van der Waals surface area contributed by atoms with Crippen LogP contribution in [0.25, 0.3) is 55.9 Å². The van der Waals surface area contributed by atoms with Gasteiger partial charge in [0.15, 0.2) is 0 Å². The van der Waals surface area contributed by atoms with Crippen molar-refractivity contribution in [3.8, 4) is 40.0 Å². The predicted molar refractivity (Wildman–Crippen MR) is 166 cm³/mol. The smallest absolute Gasteiger partial charge is 0.249 e. The number of benzene rings is 3. The normalized spacial score (nSPS) is 10.6. The van der Waals surface area contributed by atoms with E-state index in [1.54, 1.807) is 6.92 Å². The Bertz CT molecular complexity index is 2100. The Hall–Kier alpha value is -4.96. The van der Waals surface area contributed by atoms with Crippen molar-refractivity contribution >= 4 is 21.9 Å². The first-order chi connectivity index (χ1) is 20.8. The zero-order chi connectivity index (χ0) is 30.1. The molecule has 0 amide bonds. The van der Waals surface area contributed by atoms with Crippen molar-refractivity contribution in [1.82, 2.24) is 20.2 Å². The molecule has 0 fully saturated rings. The average Bonchev–Trinajstić information content (AvgIpc) is 3.62. The summed E-state index contributed by atoms with van der Waals surface area (Å²) in [5, 5.41) is 19.5. The third-order valence-electron chi connectivity index (χ3n) is 7.25. The second kappa shape index (κ2) is 12.7. The van der Waals surface area contributed by atoms with Crippen molar-refractivity contribution in [2.45, 2.75) is 34.6 Å². The van der Waals surface area contributed by atoms with Gasteiger partial charge in [-0.3, -0.25) is 0 Å². The second-order valence-electron chi connectivity index (χ2n) is 10.5. The average molecular weight is 754 g/mol. The van der Waals surface area contributed by atoms with Gasteiger partial charge < -0.3 is 18.8 Å². The number of nitriles is 1. The molecule has 0 unspecified atom stereocenters. The largest absolute Gasteiger partial charge is 0.499 e. The number of nitrogens with zero attached hydrogens (tertiary/aromatic N) is 5. The molecular formula is C36H27IrN5O2-2. The summed E-state index contributed by atoms with van der Waals surface area (Å²) in [5.74, 6) is 0.732. The van der Waals surface area contributed by atoms with Crippen LogP contribution >= 0.6 is 0 Å². The van der Waals surface area contributed by atoms with Crippen molar-refractivity contribution in [3.05, 3.63) is 119 Å². The molecule has 0 saturated carbocycles. The fraction of sp³-hybridized carbons (Fsp3) is 0.139. The summed E-state index contributed by atoms with van der Waals surface area (Å²) in [7, 11) is 0. The van der Waals surface area contributed by atoms with Crippen LogP contribution in [0, 0.1) is 58.1 Å². The molecule has 0 aliphatic carbocycles. The number of hydrogen-bond donors (Lipinski definition) is 0. The van der Waals surface area contributed by atoms with E-state index in [1.165, 1.54) is 11.1 Å². The molecule has 7 aromatic rings. The maximum atomic E-state index is 9.84. The number of aryl methyl sites for hydroxylation is 5. The van der Waals surface area contributed by atoms with Gasteiger partial charge in [-0.15, -0.1) is 63.8 Å². The summed E-state index contributed by atoms with van der Waals surface area (Å²) >= 11 is 0. The summed E-state index contributed by atoms with van der Waals surface area (Å²) in [6.07, 6.45) is 3.72. The molecule has 0 aliphatic rings. The van der Waals surface area contributed by atoms with Crippen LogP contribution in [0.4, 0.5) is 0 Å². The van der Waals surface area contributed by atoms with Gasteiger partial charge in [0.1, 0.15) is 17.2 Å². The summed E-state index contributed by atoms with van der Waals surface area (Å²) in [6.45, 7) is 9.88. The monoisotopic (exact) mass is 754 g/mol. The molecule has 0 atom stereocenters. The van der Waals surface area contributed by atoms with Gasteiger partial charge in [-0.1, -0.05) is 47.7 Å². The van der Waals surface area contributed by atoms with E-state index in [9.17, 15) is 5.26 Å². The Morgan fingerprint density at radius 2 is 1.50 bits per heavy atom. The predicted octanol–water partition coefficient (Wildman–Crippen LogP) is 8.46. The molecule has 0 aliphatic heterocycles. The van der Waals surface area contributed by atoms with Crippen LogP contribution in [0.15, 0.2) is 81.9 Å². The SMILES string of the molecule is Cc1c[c-]c(-c2ccc(C)cn2)cc1.Cc1nnc(-c2ccc3c(oc4c(-c5cc(C)c(C)cn5)[c-]ccc43)c2C#N)o1.[Ir]. The van der Waals surface area contributed by atoms with Gasteiger partial charge in [0.05, 0.1) is 11.1 Å². The van der Waals surface area contributed by atoms with Crippen LogP contribution < -0.4 is 0 Å². The number of aromatic nitrogens is 4. The second-order valence-corrected chi connectivity index (χ2v) is 10.5. The molecule has 8 heteroatoms. The third-order valence-corrected chi connectivity index (χ3v) is 7.25. The molecule has 4 heterocycles. The Balaban J connectivity index is 0.000000216. The standard InChI is InChI=1S/C23H15N4O2.C13H12N.Ir/c1-12-9-20(25-11-13(12)2)18-6-4-5-15-16-7-8-17(23-27-26-14(3)28-23)19(10-24)22(16)29-21(15)18;1-10-3-6-12(7-4-10)13-8-5-11(2)9-14-13;/h4-5,7-9,11H,1-3H3;3-6,8-9H,1-2H3;/q2*-1;. The van der Waals surface area contributed by atoms with Crippen LogP contribution in [-0.2, 0) is 20.1 Å². The quantitative estimate of drug-likeness (QED) is 0.167. The van der Waals surface area contributed by atoms with Gasteiger partial charge >= 0.3 is 0 Å². The molecular weight excluding hydrogens is 727 g/mol. The van der Waals surface area contributed by atoms with Gasteiger partial charge in [0, 0.05) is 44.8 Å². The molecule has 4 aromatic heterocycles. The van der Waals surface area contributed by atoms with Gasteiger partial charge in [0.25, 0.3) is 0 Å². The topological polar surface area (TPSA) is 102 Å². The summed E-state index contributed by atoms with van der Waals surface area (Å²) in [6, 6.07) is 28.4. The number of hydrogen-bond acceptors (Lipinski definition) is 7. The first-order valence-electron chi connectivity index (χ1n) is 13.8. The third kappa shape index (κ3) is 5.93. The molecule has 219 valence electrons. The number of furan rings is 1. The molecule has 0 bridgehead atoms. The maximum absolute atomic E-state index is 9.84.